The number of fused-ring (bicyclic) bond motifs is 7. The second kappa shape index (κ2) is 6.09. The quantitative estimate of drug-likeness (QED) is 0.479. The normalized spacial score (nSPS) is 38.7. The molecule has 2 aromatic carbocycles. The van der Waals surface area contributed by atoms with Gasteiger partial charge in [-0.3, -0.25) is 4.90 Å². The van der Waals surface area contributed by atoms with E-state index in [9.17, 15) is 19.7 Å². The molecule has 3 fully saturated rings. The molecule has 3 aliphatic carbocycles. The van der Waals surface area contributed by atoms with Gasteiger partial charge in [-0.2, -0.15) is 0 Å². The van der Waals surface area contributed by atoms with Crippen LogP contribution < -0.4 is 4.74 Å². The highest BCUT2D eigenvalue weighted by Gasteiger charge is 2.81. The first kappa shape index (κ1) is 20.4. The third kappa shape index (κ3) is 2.10. The van der Waals surface area contributed by atoms with Crippen molar-refractivity contribution in [3.05, 3.63) is 58.0 Å². The maximum absolute atomic E-state index is 14.9. The van der Waals surface area contributed by atoms with Crippen LogP contribution in [0.15, 0.2) is 24.3 Å². The van der Waals surface area contributed by atoms with Crippen LogP contribution in [0, 0.1) is 18.7 Å². The molecule has 1 aromatic heterocycles. The molecule has 4 heterocycles. The second-order valence-corrected chi connectivity index (χ2v) is 12.2. The number of aliphatic hydroxyl groups excluding tert-OH is 1. The number of aromatic hydroxyl groups is 1. The molecule has 3 aromatic rings. The number of piperidine rings is 1. The van der Waals surface area contributed by atoms with E-state index >= 15 is 0 Å². The lowest BCUT2D eigenvalue weighted by Crippen LogP contribution is -2.60. The minimum atomic E-state index is -1.09. The van der Waals surface area contributed by atoms with E-state index in [1.54, 1.807) is 12.1 Å². The lowest BCUT2D eigenvalue weighted by atomic mass is 9.58. The Morgan fingerprint density at radius 2 is 2.03 bits per heavy atom. The third-order valence-electron chi connectivity index (χ3n) is 10.5. The van der Waals surface area contributed by atoms with Gasteiger partial charge in [-0.15, -0.1) is 0 Å². The SMILES string of the molecule is Cc1ccc(O)c2c1[C@]13CC4[C@@H](N4CC4CC4)[C@]1(O)Cc1c(n4c5c(cc(F)cc15)[C@H](O)CC4)[C@@H]3O2. The number of aliphatic hydroxyl groups is 2. The van der Waals surface area contributed by atoms with Crippen molar-refractivity contribution in [2.75, 3.05) is 6.54 Å². The predicted octanol–water partition coefficient (Wildman–Crippen LogP) is 3.76. The Balaban J connectivity index is 1.34. The summed E-state index contributed by atoms with van der Waals surface area (Å²) in [4.78, 5) is 2.48. The van der Waals surface area contributed by atoms with E-state index < -0.39 is 23.2 Å². The molecular formula is C29H29FN2O4. The summed E-state index contributed by atoms with van der Waals surface area (Å²) in [5.74, 6) is 0.965. The monoisotopic (exact) mass is 488 g/mol. The van der Waals surface area contributed by atoms with Gasteiger partial charge >= 0.3 is 0 Å². The molecule has 1 saturated heterocycles. The minimum Gasteiger partial charge on any atom is -0.504 e. The third-order valence-corrected chi connectivity index (χ3v) is 10.5. The number of benzene rings is 2. The number of halogens is 1. The molecule has 6 nitrogen and oxygen atoms in total. The van der Waals surface area contributed by atoms with Crippen molar-refractivity contribution in [1.82, 2.24) is 9.47 Å². The van der Waals surface area contributed by atoms with Crippen LogP contribution in [0.2, 0.25) is 0 Å². The standard InChI is InChI=1S/C29H29FN2O4/c1-13-2-5-21(34)25-22(13)28-11-19-26(32(19)12-14-3-4-14)29(28,35)10-18-16-8-15(30)9-17-20(33)6-7-31(23(16)17)24(18)27(28)36-25/h2,5,8-9,14,19-20,26-27,33-35H,3-4,6-7,10-12H2,1H3/t19?,20-,26-,27+,28+,29-,32?/m1/s1. The molecule has 1 spiro atoms. The summed E-state index contributed by atoms with van der Waals surface area (Å²) in [6, 6.07) is 6.95. The van der Waals surface area contributed by atoms with Gasteiger partial charge in [0.15, 0.2) is 17.6 Å². The zero-order valence-corrected chi connectivity index (χ0v) is 20.2. The van der Waals surface area contributed by atoms with Crippen molar-refractivity contribution < 1.29 is 24.4 Å². The first-order chi connectivity index (χ1) is 17.3. The highest BCUT2D eigenvalue weighted by atomic mass is 19.1. The average molecular weight is 489 g/mol. The lowest BCUT2D eigenvalue weighted by Gasteiger charge is -2.49. The molecule has 0 amide bonds. The maximum atomic E-state index is 14.9. The van der Waals surface area contributed by atoms with Gasteiger partial charge in [0.05, 0.1) is 34.4 Å². The number of likely N-dealkylation sites (tertiary alicyclic amines) is 1. The number of nitrogens with zero attached hydrogens (tertiary/aromatic N) is 2. The van der Waals surface area contributed by atoms with E-state index in [-0.39, 0.29) is 17.6 Å². The van der Waals surface area contributed by atoms with Gasteiger partial charge in [0.2, 0.25) is 0 Å². The van der Waals surface area contributed by atoms with Crippen molar-refractivity contribution >= 4 is 10.9 Å². The smallest absolute Gasteiger partial charge is 0.166 e. The van der Waals surface area contributed by atoms with Crippen LogP contribution >= 0.6 is 0 Å². The zero-order chi connectivity index (χ0) is 24.3. The van der Waals surface area contributed by atoms with E-state index in [1.807, 2.05) is 13.0 Å². The first-order valence-corrected chi connectivity index (χ1v) is 13.3. The summed E-state index contributed by atoms with van der Waals surface area (Å²) in [6.45, 7) is 3.69. The Morgan fingerprint density at radius 3 is 2.83 bits per heavy atom. The summed E-state index contributed by atoms with van der Waals surface area (Å²) in [5, 5.41) is 35.3. The molecule has 36 heavy (non-hydrogen) atoms. The Bertz CT molecular complexity index is 1530. The van der Waals surface area contributed by atoms with Crippen LogP contribution in [0.1, 0.15) is 65.8 Å². The fourth-order valence-electron chi connectivity index (χ4n) is 8.89. The molecule has 7 atom stereocenters. The van der Waals surface area contributed by atoms with Crippen LogP contribution in [0.25, 0.3) is 10.9 Å². The van der Waals surface area contributed by atoms with Crippen molar-refractivity contribution in [3.63, 3.8) is 0 Å². The molecular weight excluding hydrogens is 459 g/mol. The molecule has 0 bridgehead atoms. The lowest BCUT2D eigenvalue weighted by molar-refractivity contribution is -0.0873. The van der Waals surface area contributed by atoms with Crippen LogP contribution in [0.4, 0.5) is 4.39 Å². The first-order valence-electron chi connectivity index (χ1n) is 13.3. The van der Waals surface area contributed by atoms with Gasteiger partial charge in [-0.1, -0.05) is 6.07 Å². The topological polar surface area (TPSA) is 77.9 Å². The summed E-state index contributed by atoms with van der Waals surface area (Å²) < 4.78 is 23.8. The van der Waals surface area contributed by atoms with Gasteiger partial charge in [-0.05, 0) is 67.9 Å². The maximum Gasteiger partial charge on any atom is 0.166 e. The van der Waals surface area contributed by atoms with Crippen molar-refractivity contribution in [2.45, 2.75) is 80.9 Å². The number of hydrogen-bond donors (Lipinski definition) is 3. The number of aryl methyl sites for hydroxylation is 2. The van der Waals surface area contributed by atoms with Crippen molar-refractivity contribution in [1.29, 1.82) is 0 Å². The molecule has 0 radical (unpaired) electrons. The average Bonchev–Trinajstić information content (AvgIpc) is 3.70. The number of hydrogen-bond acceptors (Lipinski definition) is 5. The molecule has 3 aliphatic heterocycles. The van der Waals surface area contributed by atoms with Crippen LogP contribution in [-0.4, -0.2) is 49.0 Å². The van der Waals surface area contributed by atoms with Crippen LogP contribution in [0.3, 0.4) is 0 Å². The Morgan fingerprint density at radius 1 is 1.19 bits per heavy atom. The predicted molar refractivity (Wildman–Crippen MR) is 130 cm³/mol. The van der Waals surface area contributed by atoms with E-state index in [0.29, 0.717) is 36.7 Å². The number of phenolic OH excluding ortho intramolecular Hbond substituents is 1. The van der Waals surface area contributed by atoms with Gasteiger partial charge in [0.1, 0.15) is 5.82 Å². The van der Waals surface area contributed by atoms with E-state index in [0.717, 1.165) is 52.2 Å². The van der Waals surface area contributed by atoms with Gasteiger partial charge in [-0.25, -0.2) is 4.39 Å². The number of rotatable bonds is 2. The molecule has 6 aliphatic rings. The minimum absolute atomic E-state index is 0.0344. The zero-order valence-electron chi connectivity index (χ0n) is 20.2. The summed E-state index contributed by atoms with van der Waals surface area (Å²) in [7, 11) is 0. The Labute approximate surface area is 207 Å². The van der Waals surface area contributed by atoms with Crippen LogP contribution in [0.5, 0.6) is 11.5 Å². The van der Waals surface area contributed by atoms with Gasteiger partial charge in [0.25, 0.3) is 0 Å². The number of ether oxygens (including phenoxy) is 1. The van der Waals surface area contributed by atoms with Crippen molar-refractivity contribution in [2.24, 2.45) is 5.92 Å². The summed E-state index contributed by atoms with van der Waals surface area (Å²) in [5.41, 5.74) is 3.61. The summed E-state index contributed by atoms with van der Waals surface area (Å²) in [6.07, 6.45) is 3.07. The molecule has 2 saturated carbocycles. The molecule has 186 valence electrons. The highest BCUT2D eigenvalue weighted by molar-refractivity contribution is 5.90. The molecule has 9 rings (SSSR count). The number of phenols is 1. The Hall–Kier alpha value is -2.61. The fourth-order valence-corrected chi connectivity index (χ4v) is 8.89. The fraction of sp³-hybridized carbons (Fsp3) is 0.517. The van der Waals surface area contributed by atoms with Crippen LogP contribution in [-0.2, 0) is 18.4 Å². The van der Waals surface area contributed by atoms with Crippen molar-refractivity contribution in [3.8, 4) is 11.5 Å². The molecule has 3 N–H and O–H groups in total. The van der Waals surface area contributed by atoms with Gasteiger partial charge < -0.3 is 24.6 Å². The second-order valence-electron chi connectivity index (χ2n) is 12.2. The largest absolute Gasteiger partial charge is 0.504 e. The molecule has 2 unspecified atom stereocenters. The van der Waals surface area contributed by atoms with E-state index in [1.165, 1.54) is 18.9 Å². The summed E-state index contributed by atoms with van der Waals surface area (Å²) >= 11 is 0. The highest BCUT2D eigenvalue weighted by Crippen LogP contribution is 2.73. The van der Waals surface area contributed by atoms with Gasteiger partial charge in [0, 0.05) is 42.1 Å². The Kier molecular flexibility index (Phi) is 3.46. The molecule has 7 heteroatoms. The van der Waals surface area contributed by atoms with E-state index in [4.69, 9.17) is 4.74 Å². The number of aromatic nitrogens is 1. The van der Waals surface area contributed by atoms with E-state index in [2.05, 4.69) is 9.47 Å².